The fourth-order valence-electron chi connectivity index (χ4n) is 1.88. The van der Waals surface area contributed by atoms with Crippen LogP contribution in [0, 0.1) is 12.8 Å². The predicted molar refractivity (Wildman–Crippen MR) is 76.7 cm³/mol. The van der Waals surface area contributed by atoms with Crippen molar-refractivity contribution in [3.63, 3.8) is 0 Å². The van der Waals surface area contributed by atoms with Crippen LogP contribution in [0.1, 0.15) is 51.2 Å². The van der Waals surface area contributed by atoms with Gasteiger partial charge in [0.2, 0.25) is 0 Å². The van der Waals surface area contributed by atoms with Crippen molar-refractivity contribution in [2.24, 2.45) is 5.92 Å². The van der Waals surface area contributed by atoms with Crippen LogP contribution in [-0.2, 0) is 6.42 Å². The van der Waals surface area contributed by atoms with Gasteiger partial charge >= 0.3 is 0 Å². The van der Waals surface area contributed by atoms with Crippen molar-refractivity contribution in [2.45, 2.75) is 59.4 Å². The molecule has 1 heterocycles. The predicted octanol–water partition coefficient (Wildman–Crippen LogP) is 3.80. The molecule has 2 nitrogen and oxygen atoms in total. The van der Waals surface area contributed by atoms with E-state index in [0.29, 0.717) is 5.92 Å². The lowest BCUT2D eigenvalue weighted by Crippen LogP contribution is -2.39. The number of rotatable bonds is 6. The number of aromatic nitrogens is 1. The summed E-state index contributed by atoms with van der Waals surface area (Å²) in [5.74, 6) is 0.713. The molecule has 1 unspecified atom stereocenters. The SMILES string of the molecule is CCCC(CNC(C)(C)C)Cc1nc(C)cs1. The topological polar surface area (TPSA) is 24.9 Å². The molecule has 0 radical (unpaired) electrons. The number of nitrogens with one attached hydrogen (secondary N) is 1. The molecule has 1 rings (SSSR count). The molecule has 0 aliphatic carbocycles. The first kappa shape index (κ1) is 14.7. The summed E-state index contributed by atoms with van der Waals surface area (Å²) >= 11 is 1.80. The molecule has 0 saturated heterocycles. The standard InChI is InChI=1S/C14H26N2S/c1-6-7-12(9-15-14(3,4)5)8-13-16-11(2)10-17-13/h10,12,15H,6-9H2,1-5H3. The highest BCUT2D eigenvalue weighted by atomic mass is 32.1. The average Bonchev–Trinajstić information content (AvgIpc) is 2.60. The first-order valence-corrected chi connectivity index (χ1v) is 7.44. The highest BCUT2D eigenvalue weighted by Gasteiger charge is 2.15. The van der Waals surface area contributed by atoms with Crippen LogP contribution in [0.4, 0.5) is 0 Å². The summed E-state index contributed by atoms with van der Waals surface area (Å²) in [5.41, 5.74) is 1.37. The third kappa shape index (κ3) is 6.18. The minimum absolute atomic E-state index is 0.213. The van der Waals surface area contributed by atoms with Crippen LogP contribution < -0.4 is 5.32 Å². The van der Waals surface area contributed by atoms with Gasteiger partial charge in [-0.05, 0) is 46.6 Å². The first-order chi connectivity index (χ1) is 7.90. The Balaban J connectivity index is 2.48. The Kier molecular flexibility index (Phi) is 5.60. The number of hydrogen-bond donors (Lipinski definition) is 1. The molecule has 3 heteroatoms. The van der Waals surface area contributed by atoms with E-state index in [1.54, 1.807) is 11.3 Å². The summed E-state index contributed by atoms with van der Waals surface area (Å²) in [4.78, 5) is 4.57. The van der Waals surface area contributed by atoms with Gasteiger partial charge in [0.05, 0.1) is 5.01 Å². The monoisotopic (exact) mass is 254 g/mol. The Hall–Kier alpha value is -0.410. The van der Waals surface area contributed by atoms with E-state index >= 15 is 0 Å². The zero-order chi connectivity index (χ0) is 12.9. The molecule has 0 spiro atoms. The molecule has 17 heavy (non-hydrogen) atoms. The Bertz CT molecular complexity index is 325. The quantitative estimate of drug-likeness (QED) is 0.835. The highest BCUT2D eigenvalue weighted by Crippen LogP contribution is 2.18. The molecule has 0 saturated carbocycles. The van der Waals surface area contributed by atoms with Gasteiger partial charge in [-0.25, -0.2) is 4.98 Å². The molecule has 1 aromatic rings. The van der Waals surface area contributed by atoms with Gasteiger partial charge in [-0.3, -0.25) is 0 Å². The van der Waals surface area contributed by atoms with Gasteiger partial charge in [-0.1, -0.05) is 13.3 Å². The second-order valence-electron chi connectivity index (χ2n) is 5.87. The Morgan fingerprint density at radius 3 is 2.59 bits per heavy atom. The summed E-state index contributed by atoms with van der Waals surface area (Å²) < 4.78 is 0. The number of thiazole rings is 1. The van der Waals surface area contributed by atoms with Crippen LogP contribution in [0.5, 0.6) is 0 Å². The molecule has 0 amide bonds. The van der Waals surface area contributed by atoms with Gasteiger partial charge in [0.25, 0.3) is 0 Å². The third-order valence-electron chi connectivity index (χ3n) is 2.75. The molecule has 0 aliphatic rings. The van der Waals surface area contributed by atoms with Gasteiger partial charge in [-0.2, -0.15) is 0 Å². The molecule has 1 aromatic heterocycles. The Morgan fingerprint density at radius 2 is 2.12 bits per heavy atom. The van der Waals surface area contributed by atoms with Gasteiger partial charge in [0.1, 0.15) is 0 Å². The van der Waals surface area contributed by atoms with Crippen LogP contribution in [0.2, 0.25) is 0 Å². The maximum Gasteiger partial charge on any atom is 0.0931 e. The fraction of sp³-hybridized carbons (Fsp3) is 0.786. The summed E-state index contributed by atoms with van der Waals surface area (Å²) in [6.45, 7) is 12.1. The molecule has 1 atom stereocenters. The van der Waals surface area contributed by atoms with Gasteiger partial charge in [0, 0.05) is 23.0 Å². The maximum atomic E-state index is 4.57. The largest absolute Gasteiger partial charge is 0.312 e. The van der Waals surface area contributed by atoms with Gasteiger partial charge in [0.15, 0.2) is 0 Å². The summed E-state index contributed by atoms with van der Waals surface area (Å²) in [6, 6.07) is 0. The van der Waals surface area contributed by atoms with E-state index in [-0.39, 0.29) is 5.54 Å². The first-order valence-electron chi connectivity index (χ1n) is 6.56. The van der Waals surface area contributed by atoms with E-state index in [1.807, 2.05) is 0 Å². The lowest BCUT2D eigenvalue weighted by atomic mass is 9.98. The number of nitrogens with zero attached hydrogens (tertiary/aromatic N) is 1. The summed E-state index contributed by atoms with van der Waals surface area (Å²) in [6.07, 6.45) is 3.65. The van der Waals surface area contributed by atoms with E-state index in [2.05, 4.69) is 50.3 Å². The zero-order valence-corrected chi connectivity index (χ0v) is 12.7. The van der Waals surface area contributed by atoms with Crippen molar-refractivity contribution in [1.82, 2.24) is 10.3 Å². The second-order valence-corrected chi connectivity index (χ2v) is 6.82. The fourth-order valence-corrected chi connectivity index (χ4v) is 2.77. The molecular formula is C14H26N2S. The number of aryl methyl sites for hydroxylation is 1. The highest BCUT2D eigenvalue weighted by molar-refractivity contribution is 7.09. The molecular weight excluding hydrogens is 228 g/mol. The lowest BCUT2D eigenvalue weighted by molar-refractivity contribution is 0.354. The van der Waals surface area contributed by atoms with E-state index in [0.717, 1.165) is 18.7 Å². The summed E-state index contributed by atoms with van der Waals surface area (Å²) in [5, 5.41) is 7.05. The second kappa shape index (κ2) is 6.50. The van der Waals surface area contributed by atoms with Gasteiger partial charge in [-0.15, -0.1) is 11.3 Å². The van der Waals surface area contributed by atoms with Crippen molar-refractivity contribution in [2.75, 3.05) is 6.54 Å². The van der Waals surface area contributed by atoms with E-state index in [1.165, 1.54) is 17.8 Å². The average molecular weight is 254 g/mol. The molecule has 0 fully saturated rings. The number of hydrogen-bond acceptors (Lipinski definition) is 3. The van der Waals surface area contributed by atoms with Crippen LogP contribution in [0.15, 0.2) is 5.38 Å². The molecule has 1 N–H and O–H groups in total. The van der Waals surface area contributed by atoms with Crippen LogP contribution in [0.3, 0.4) is 0 Å². The molecule has 0 aliphatic heterocycles. The van der Waals surface area contributed by atoms with Crippen LogP contribution in [0.25, 0.3) is 0 Å². The third-order valence-corrected chi connectivity index (χ3v) is 3.74. The van der Waals surface area contributed by atoms with Crippen molar-refractivity contribution >= 4 is 11.3 Å². The normalized spacial score (nSPS) is 13.9. The zero-order valence-electron chi connectivity index (χ0n) is 11.8. The molecule has 98 valence electrons. The minimum atomic E-state index is 0.213. The molecule has 0 aromatic carbocycles. The van der Waals surface area contributed by atoms with E-state index in [9.17, 15) is 0 Å². The maximum absolute atomic E-state index is 4.57. The van der Waals surface area contributed by atoms with Crippen molar-refractivity contribution < 1.29 is 0 Å². The Labute approximate surface area is 110 Å². The van der Waals surface area contributed by atoms with Crippen molar-refractivity contribution in [3.8, 4) is 0 Å². The van der Waals surface area contributed by atoms with Crippen LogP contribution in [-0.4, -0.2) is 17.1 Å². The minimum Gasteiger partial charge on any atom is -0.312 e. The van der Waals surface area contributed by atoms with Crippen molar-refractivity contribution in [3.05, 3.63) is 16.1 Å². The summed E-state index contributed by atoms with van der Waals surface area (Å²) in [7, 11) is 0. The van der Waals surface area contributed by atoms with Crippen LogP contribution >= 0.6 is 11.3 Å². The smallest absolute Gasteiger partial charge is 0.0931 e. The lowest BCUT2D eigenvalue weighted by Gasteiger charge is -2.24. The van der Waals surface area contributed by atoms with E-state index in [4.69, 9.17) is 0 Å². The molecule has 0 bridgehead atoms. The Morgan fingerprint density at radius 1 is 1.41 bits per heavy atom. The van der Waals surface area contributed by atoms with E-state index < -0.39 is 0 Å². The van der Waals surface area contributed by atoms with Crippen molar-refractivity contribution in [1.29, 1.82) is 0 Å². The van der Waals surface area contributed by atoms with Gasteiger partial charge < -0.3 is 5.32 Å².